The molecule has 11 heteroatoms. The molecule has 210 valence electrons. The van der Waals surface area contributed by atoms with Gasteiger partial charge in [0.1, 0.15) is 18.5 Å². The van der Waals surface area contributed by atoms with Crippen molar-refractivity contribution in [2.75, 3.05) is 31.6 Å². The molecule has 3 amide bonds. The molecular formula is C29H32N4O7. The van der Waals surface area contributed by atoms with Crippen LogP contribution < -0.4 is 15.5 Å². The lowest BCUT2D eigenvalue weighted by molar-refractivity contribution is -0.141. The van der Waals surface area contributed by atoms with Crippen molar-refractivity contribution < 1.29 is 33.8 Å². The number of benzene rings is 2. The SMILES string of the molecule is Cc1cc(COc2ccc(NC(=O)C3CCN(C(=O)OC4CCOC4)CC3C(=O)NO)cc2)c2ccccc2n1. The molecule has 0 saturated carbocycles. The second-order valence-corrected chi connectivity index (χ2v) is 10.0. The van der Waals surface area contributed by atoms with Crippen molar-refractivity contribution in [1.29, 1.82) is 0 Å². The van der Waals surface area contributed by atoms with Crippen LogP contribution in [-0.2, 0) is 25.7 Å². The van der Waals surface area contributed by atoms with Gasteiger partial charge in [-0.1, -0.05) is 18.2 Å². The van der Waals surface area contributed by atoms with Gasteiger partial charge in [-0.25, -0.2) is 10.3 Å². The number of likely N-dealkylation sites (tertiary alicyclic amines) is 1. The van der Waals surface area contributed by atoms with E-state index in [-0.39, 0.29) is 31.5 Å². The van der Waals surface area contributed by atoms with E-state index in [0.29, 0.717) is 37.7 Å². The number of carbonyl (C=O) groups excluding carboxylic acids is 3. The molecule has 3 heterocycles. The smallest absolute Gasteiger partial charge is 0.410 e. The first kappa shape index (κ1) is 27.4. The number of para-hydroxylation sites is 1. The molecule has 0 radical (unpaired) electrons. The fourth-order valence-electron chi connectivity index (χ4n) is 5.15. The fourth-order valence-corrected chi connectivity index (χ4v) is 5.15. The zero-order chi connectivity index (χ0) is 28.1. The van der Waals surface area contributed by atoms with Gasteiger partial charge in [0.05, 0.1) is 30.6 Å². The molecule has 0 spiro atoms. The normalized spacial score (nSPS) is 20.6. The van der Waals surface area contributed by atoms with E-state index < -0.39 is 23.8 Å². The van der Waals surface area contributed by atoms with Gasteiger partial charge in [0.2, 0.25) is 11.8 Å². The van der Waals surface area contributed by atoms with E-state index in [1.807, 2.05) is 37.3 Å². The van der Waals surface area contributed by atoms with Gasteiger partial charge >= 0.3 is 6.09 Å². The standard InChI is InChI=1S/C29H32N4O7/c1-18-14-19(23-4-2-3-5-26(23)30-18)16-39-21-8-6-20(7-9-21)31-27(34)24-10-12-33(15-25(24)28(35)32-37)29(36)40-22-11-13-38-17-22/h2-9,14,22,24-25,37H,10-13,15-17H2,1H3,(H,31,34)(H,32,35). The molecule has 0 aliphatic carbocycles. The minimum atomic E-state index is -0.938. The average Bonchev–Trinajstić information content (AvgIpc) is 3.48. The van der Waals surface area contributed by atoms with Crippen molar-refractivity contribution in [3.05, 3.63) is 65.9 Å². The van der Waals surface area contributed by atoms with E-state index in [0.717, 1.165) is 22.2 Å². The summed E-state index contributed by atoms with van der Waals surface area (Å²) in [5.41, 5.74) is 5.02. The van der Waals surface area contributed by atoms with Gasteiger partial charge in [0.15, 0.2) is 0 Å². The monoisotopic (exact) mass is 548 g/mol. The number of carbonyl (C=O) groups is 3. The molecule has 2 saturated heterocycles. The van der Waals surface area contributed by atoms with Crippen molar-refractivity contribution in [1.82, 2.24) is 15.4 Å². The number of piperidine rings is 1. The molecule has 11 nitrogen and oxygen atoms in total. The maximum atomic E-state index is 13.1. The Hall–Kier alpha value is -4.22. The highest BCUT2D eigenvalue weighted by Crippen LogP contribution is 2.28. The summed E-state index contributed by atoms with van der Waals surface area (Å²) < 4.78 is 16.7. The van der Waals surface area contributed by atoms with E-state index >= 15 is 0 Å². The summed E-state index contributed by atoms with van der Waals surface area (Å²) in [6.07, 6.45) is -0.0231. The lowest BCUT2D eigenvalue weighted by Gasteiger charge is -2.36. The summed E-state index contributed by atoms with van der Waals surface area (Å²) in [6.45, 7) is 3.38. The van der Waals surface area contributed by atoms with Crippen LogP contribution in [0.5, 0.6) is 5.75 Å². The Kier molecular flexibility index (Phi) is 8.42. The minimum absolute atomic E-state index is 0.0488. The lowest BCUT2D eigenvalue weighted by atomic mass is 9.84. The van der Waals surface area contributed by atoms with Crippen LogP contribution in [0.4, 0.5) is 10.5 Å². The zero-order valence-corrected chi connectivity index (χ0v) is 22.2. The molecule has 3 atom stereocenters. The van der Waals surface area contributed by atoms with Gasteiger partial charge < -0.3 is 24.4 Å². The van der Waals surface area contributed by atoms with E-state index in [1.54, 1.807) is 29.7 Å². The highest BCUT2D eigenvalue weighted by atomic mass is 16.6. The maximum absolute atomic E-state index is 13.1. The number of fused-ring (bicyclic) bond motifs is 1. The van der Waals surface area contributed by atoms with Gasteiger partial charge in [0, 0.05) is 41.8 Å². The van der Waals surface area contributed by atoms with Crippen LogP contribution in [0.3, 0.4) is 0 Å². The average molecular weight is 549 g/mol. The number of pyridine rings is 1. The second-order valence-electron chi connectivity index (χ2n) is 10.0. The molecule has 3 N–H and O–H groups in total. The van der Waals surface area contributed by atoms with Crippen molar-refractivity contribution >= 4 is 34.5 Å². The predicted molar refractivity (Wildman–Crippen MR) is 145 cm³/mol. The van der Waals surface area contributed by atoms with Crippen LogP contribution in [0.1, 0.15) is 24.1 Å². The van der Waals surface area contributed by atoms with E-state index in [1.165, 1.54) is 4.90 Å². The molecule has 5 rings (SSSR count). The first-order valence-electron chi connectivity index (χ1n) is 13.3. The molecule has 1 aromatic heterocycles. The van der Waals surface area contributed by atoms with Crippen LogP contribution >= 0.6 is 0 Å². The lowest BCUT2D eigenvalue weighted by Crippen LogP contribution is -2.52. The van der Waals surface area contributed by atoms with Crippen molar-refractivity contribution in [2.24, 2.45) is 11.8 Å². The molecule has 3 unspecified atom stereocenters. The summed E-state index contributed by atoms with van der Waals surface area (Å²) >= 11 is 0. The molecule has 3 aromatic rings. The zero-order valence-electron chi connectivity index (χ0n) is 22.2. The van der Waals surface area contributed by atoms with Crippen molar-refractivity contribution in [3.63, 3.8) is 0 Å². The van der Waals surface area contributed by atoms with Gasteiger partial charge in [0.25, 0.3) is 0 Å². The molecule has 2 aliphatic rings. The van der Waals surface area contributed by atoms with Crippen LogP contribution in [0.2, 0.25) is 0 Å². The second kappa shape index (κ2) is 12.3. The molecule has 2 aliphatic heterocycles. The van der Waals surface area contributed by atoms with Gasteiger partial charge in [-0.15, -0.1) is 0 Å². The topological polar surface area (TPSA) is 139 Å². The number of hydrogen-bond donors (Lipinski definition) is 3. The van der Waals surface area contributed by atoms with Gasteiger partial charge in [-0.05, 0) is 49.7 Å². The Morgan fingerprint density at radius 3 is 2.62 bits per heavy atom. The van der Waals surface area contributed by atoms with E-state index in [2.05, 4.69) is 10.3 Å². The summed E-state index contributed by atoms with van der Waals surface area (Å²) in [4.78, 5) is 44.1. The van der Waals surface area contributed by atoms with Crippen LogP contribution in [0.25, 0.3) is 10.9 Å². The minimum Gasteiger partial charge on any atom is -0.489 e. The number of nitrogens with zero attached hydrogens (tertiary/aromatic N) is 2. The molecule has 0 bridgehead atoms. The van der Waals surface area contributed by atoms with E-state index in [4.69, 9.17) is 14.2 Å². The Bertz CT molecular complexity index is 1370. The predicted octanol–water partition coefficient (Wildman–Crippen LogP) is 3.43. The third-order valence-electron chi connectivity index (χ3n) is 7.26. The Labute approximate surface area is 231 Å². The third-order valence-corrected chi connectivity index (χ3v) is 7.26. The van der Waals surface area contributed by atoms with Crippen LogP contribution in [0, 0.1) is 18.8 Å². The number of ether oxygens (including phenoxy) is 3. The van der Waals surface area contributed by atoms with Crippen LogP contribution in [0.15, 0.2) is 54.6 Å². The number of anilines is 1. The fraction of sp³-hybridized carbons (Fsp3) is 0.379. The van der Waals surface area contributed by atoms with Gasteiger partial charge in [-0.3, -0.25) is 19.8 Å². The number of hydrogen-bond acceptors (Lipinski definition) is 8. The molecule has 40 heavy (non-hydrogen) atoms. The number of aryl methyl sites for hydroxylation is 1. The number of aromatic nitrogens is 1. The quantitative estimate of drug-likeness (QED) is 0.302. The highest BCUT2D eigenvalue weighted by molar-refractivity contribution is 5.96. The maximum Gasteiger partial charge on any atom is 0.410 e. The van der Waals surface area contributed by atoms with Gasteiger partial charge in [-0.2, -0.15) is 0 Å². The number of hydroxylamine groups is 1. The van der Waals surface area contributed by atoms with E-state index in [9.17, 15) is 19.6 Å². The molecule has 2 aromatic carbocycles. The third kappa shape index (κ3) is 6.32. The summed E-state index contributed by atoms with van der Waals surface area (Å²) in [5.74, 6) is -2.16. The Morgan fingerprint density at radius 2 is 1.88 bits per heavy atom. The first-order valence-corrected chi connectivity index (χ1v) is 13.3. The first-order chi connectivity index (χ1) is 19.4. The highest BCUT2D eigenvalue weighted by Gasteiger charge is 2.41. The largest absolute Gasteiger partial charge is 0.489 e. The summed E-state index contributed by atoms with van der Waals surface area (Å²) in [7, 11) is 0. The van der Waals surface area contributed by atoms with Crippen molar-refractivity contribution in [3.8, 4) is 5.75 Å². The van der Waals surface area contributed by atoms with Crippen LogP contribution in [-0.4, -0.2) is 65.4 Å². The Morgan fingerprint density at radius 1 is 1.07 bits per heavy atom. The number of rotatable bonds is 7. The molecule has 2 fully saturated rings. The summed E-state index contributed by atoms with van der Waals surface area (Å²) in [5, 5.41) is 13.1. The summed E-state index contributed by atoms with van der Waals surface area (Å²) in [6, 6.07) is 16.9. The Balaban J connectivity index is 1.19. The number of nitrogens with one attached hydrogen (secondary N) is 2. The van der Waals surface area contributed by atoms with Crippen molar-refractivity contribution in [2.45, 2.75) is 32.5 Å². The molecular weight excluding hydrogens is 516 g/mol. The number of amides is 3.